The van der Waals surface area contributed by atoms with Crippen LogP contribution in [-0.4, -0.2) is 40.2 Å². The van der Waals surface area contributed by atoms with Gasteiger partial charge in [0.05, 0.1) is 5.39 Å². The number of piperazine rings is 1. The maximum absolute atomic E-state index is 4.86. The Bertz CT molecular complexity index is 1510. The molecule has 0 saturated carbocycles. The largest absolute Gasteiger partial charge is 0.365 e. The Balaban J connectivity index is 1.44. The first-order valence-corrected chi connectivity index (χ1v) is 13.1. The average molecular weight is 538 g/mol. The van der Waals surface area contributed by atoms with E-state index in [9.17, 15) is 0 Å². The lowest BCUT2D eigenvalue weighted by Crippen LogP contribution is -2.52. The molecule has 36 heavy (non-hydrogen) atoms. The molecule has 1 fully saturated rings. The van der Waals surface area contributed by atoms with Crippen molar-refractivity contribution < 1.29 is 0 Å². The van der Waals surface area contributed by atoms with Crippen LogP contribution in [0.5, 0.6) is 0 Å². The minimum Gasteiger partial charge on any atom is -0.365 e. The van der Waals surface area contributed by atoms with E-state index in [4.69, 9.17) is 9.97 Å². The smallest absolute Gasteiger partial charge is 0.150 e. The van der Waals surface area contributed by atoms with Gasteiger partial charge in [-0.05, 0) is 61.4 Å². The van der Waals surface area contributed by atoms with Gasteiger partial charge in [-0.15, -0.1) is 0 Å². The normalized spacial score (nSPS) is 16.0. The van der Waals surface area contributed by atoms with Crippen LogP contribution in [0, 0.1) is 6.92 Å². The lowest BCUT2D eigenvalue weighted by Gasteiger charge is -2.42. The van der Waals surface area contributed by atoms with Crippen molar-refractivity contribution in [2.45, 2.75) is 19.9 Å². The van der Waals surface area contributed by atoms with Crippen LogP contribution in [-0.2, 0) is 0 Å². The fourth-order valence-corrected chi connectivity index (χ4v) is 5.53. The highest BCUT2D eigenvalue weighted by molar-refractivity contribution is 9.10. The van der Waals surface area contributed by atoms with E-state index in [2.05, 4.69) is 129 Å². The maximum atomic E-state index is 4.86. The summed E-state index contributed by atoms with van der Waals surface area (Å²) in [6.45, 7) is 7.21. The van der Waals surface area contributed by atoms with Crippen molar-refractivity contribution >= 4 is 38.5 Å². The third kappa shape index (κ3) is 4.16. The summed E-state index contributed by atoms with van der Waals surface area (Å²) in [5.74, 6) is 1.01. The second-order valence-electron chi connectivity index (χ2n) is 9.48. The van der Waals surface area contributed by atoms with Crippen molar-refractivity contribution in [1.82, 2.24) is 14.5 Å². The summed E-state index contributed by atoms with van der Waals surface area (Å²) < 4.78 is 3.24. The van der Waals surface area contributed by atoms with Gasteiger partial charge < -0.3 is 14.4 Å². The van der Waals surface area contributed by atoms with E-state index in [-0.39, 0.29) is 0 Å². The molecule has 2 aromatic heterocycles. The predicted octanol–water partition coefficient (Wildman–Crippen LogP) is 6.87. The summed E-state index contributed by atoms with van der Waals surface area (Å²) >= 11 is 3.56. The third-order valence-corrected chi connectivity index (χ3v) is 7.54. The first-order valence-electron chi connectivity index (χ1n) is 12.3. The van der Waals surface area contributed by atoms with Crippen LogP contribution in [0.2, 0.25) is 0 Å². The molecular weight excluding hydrogens is 510 g/mol. The van der Waals surface area contributed by atoms with Gasteiger partial charge in [0.1, 0.15) is 12.1 Å². The summed E-state index contributed by atoms with van der Waals surface area (Å²) in [7, 11) is 0. The van der Waals surface area contributed by atoms with Gasteiger partial charge in [0, 0.05) is 53.3 Å². The van der Waals surface area contributed by atoms with Gasteiger partial charge in [0.25, 0.3) is 0 Å². The molecule has 0 aliphatic carbocycles. The van der Waals surface area contributed by atoms with Gasteiger partial charge in [0.2, 0.25) is 0 Å². The van der Waals surface area contributed by atoms with Gasteiger partial charge in [0.15, 0.2) is 5.65 Å². The molecular formula is C30H28BrN5. The second kappa shape index (κ2) is 9.43. The van der Waals surface area contributed by atoms with Crippen LogP contribution in [0.25, 0.3) is 27.8 Å². The molecule has 0 amide bonds. The van der Waals surface area contributed by atoms with Crippen LogP contribution in [0.4, 0.5) is 11.5 Å². The Kier molecular flexibility index (Phi) is 5.97. The highest BCUT2D eigenvalue weighted by atomic mass is 79.9. The molecule has 0 radical (unpaired) electrons. The fraction of sp³-hybridized carbons (Fsp3) is 0.200. The highest BCUT2D eigenvalue weighted by Gasteiger charge is 2.28. The number of fused-ring (bicyclic) bond motifs is 1. The van der Waals surface area contributed by atoms with Gasteiger partial charge in [-0.2, -0.15) is 0 Å². The zero-order valence-electron chi connectivity index (χ0n) is 20.5. The van der Waals surface area contributed by atoms with E-state index < -0.39 is 0 Å². The third-order valence-electron chi connectivity index (χ3n) is 7.01. The second-order valence-corrected chi connectivity index (χ2v) is 10.4. The molecule has 0 spiro atoms. The Morgan fingerprint density at radius 2 is 1.67 bits per heavy atom. The van der Waals surface area contributed by atoms with Crippen molar-refractivity contribution in [3.05, 3.63) is 101 Å². The number of aryl methyl sites for hydroxylation is 1. The van der Waals surface area contributed by atoms with Crippen molar-refractivity contribution in [3.8, 4) is 16.8 Å². The molecule has 5 aromatic rings. The monoisotopic (exact) mass is 537 g/mol. The zero-order valence-corrected chi connectivity index (χ0v) is 22.1. The van der Waals surface area contributed by atoms with Crippen LogP contribution in [0.1, 0.15) is 12.5 Å². The average Bonchev–Trinajstić information content (AvgIpc) is 3.29. The van der Waals surface area contributed by atoms with Crippen LogP contribution < -0.4 is 9.80 Å². The number of nitrogens with zero attached hydrogens (tertiary/aromatic N) is 5. The molecule has 5 nitrogen and oxygen atoms in total. The van der Waals surface area contributed by atoms with Gasteiger partial charge >= 0.3 is 0 Å². The van der Waals surface area contributed by atoms with E-state index in [1.54, 1.807) is 6.33 Å². The molecule has 0 unspecified atom stereocenters. The van der Waals surface area contributed by atoms with Crippen molar-refractivity contribution in [3.63, 3.8) is 0 Å². The SMILES string of the molecule is Cc1cccc(N2CCN(c3ncnc4c3c(-c3ccccc3)cn4-c3ccc(Br)cc3)C[C@H]2C)c1. The lowest BCUT2D eigenvalue weighted by molar-refractivity contribution is 0.548. The summed E-state index contributed by atoms with van der Waals surface area (Å²) in [5.41, 5.74) is 6.91. The molecule has 0 bridgehead atoms. The molecule has 6 rings (SSSR count). The zero-order chi connectivity index (χ0) is 24.6. The molecule has 1 saturated heterocycles. The first kappa shape index (κ1) is 22.8. The van der Waals surface area contributed by atoms with Crippen LogP contribution >= 0.6 is 15.9 Å². The molecule has 180 valence electrons. The van der Waals surface area contributed by atoms with Gasteiger partial charge in [-0.3, -0.25) is 0 Å². The Labute approximate surface area is 220 Å². The first-order chi connectivity index (χ1) is 17.6. The number of halogens is 1. The van der Waals surface area contributed by atoms with Gasteiger partial charge in [-0.25, -0.2) is 9.97 Å². The summed E-state index contributed by atoms with van der Waals surface area (Å²) in [6, 6.07) is 28.1. The summed E-state index contributed by atoms with van der Waals surface area (Å²) in [6.07, 6.45) is 3.91. The van der Waals surface area contributed by atoms with E-state index in [1.165, 1.54) is 16.8 Å². The maximum Gasteiger partial charge on any atom is 0.150 e. The number of aromatic nitrogens is 3. The molecule has 1 aliphatic heterocycles. The summed E-state index contributed by atoms with van der Waals surface area (Å²) in [4.78, 5) is 14.6. The summed E-state index contributed by atoms with van der Waals surface area (Å²) in [5, 5.41) is 1.10. The standard InChI is InChI=1S/C30H28BrN5/c1-21-7-6-10-26(17-21)35-16-15-34(18-22(35)2)29-28-27(23-8-4-3-5-9-23)19-36(30(28)33-20-32-29)25-13-11-24(31)12-14-25/h3-14,17,19-20,22H,15-16,18H2,1-2H3/t22-/m1/s1. The van der Waals surface area contributed by atoms with Gasteiger partial charge in [-0.1, -0.05) is 58.4 Å². The molecule has 1 aliphatic rings. The molecule has 6 heteroatoms. The van der Waals surface area contributed by atoms with Crippen molar-refractivity contribution in [2.75, 3.05) is 29.4 Å². The Hall–Kier alpha value is -3.64. The van der Waals surface area contributed by atoms with Crippen LogP contribution in [0.3, 0.4) is 0 Å². The molecule has 3 heterocycles. The molecule has 0 N–H and O–H groups in total. The number of hydrogen-bond acceptors (Lipinski definition) is 4. The van der Waals surface area contributed by atoms with E-state index in [0.29, 0.717) is 6.04 Å². The van der Waals surface area contributed by atoms with E-state index in [1.807, 2.05) is 0 Å². The van der Waals surface area contributed by atoms with Crippen molar-refractivity contribution in [2.24, 2.45) is 0 Å². The Morgan fingerprint density at radius 3 is 2.42 bits per heavy atom. The van der Waals surface area contributed by atoms with E-state index in [0.717, 1.165) is 52.2 Å². The lowest BCUT2D eigenvalue weighted by atomic mass is 10.1. The minimum atomic E-state index is 0.360. The Morgan fingerprint density at radius 1 is 0.861 bits per heavy atom. The number of rotatable bonds is 4. The quantitative estimate of drug-likeness (QED) is 0.250. The van der Waals surface area contributed by atoms with E-state index >= 15 is 0 Å². The predicted molar refractivity (Wildman–Crippen MR) is 152 cm³/mol. The number of hydrogen-bond donors (Lipinski definition) is 0. The number of anilines is 2. The molecule has 3 aromatic carbocycles. The minimum absolute atomic E-state index is 0.360. The molecule has 1 atom stereocenters. The topological polar surface area (TPSA) is 37.2 Å². The fourth-order valence-electron chi connectivity index (χ4n) is 5.26. The van der Waals surface area contributed by atoms with Crippen molar-refractivity contribution in [1.29, 1.82) is 0 Å². The number of benzene rings is 3. The highest BCUT2D eigenvalue weighted by Crippen LogP contribution is 2.37. The van der Waals surface area contributed by atoms with Crippen LogP contribution in [0.15, 0.2) is 95.9 Å².